The summed E-state index contributed by atoms with van der Waals surface area (Å²) in [6.45, 7) is 7.23. The largest absolute Gasteiger partial charge is 0.496 e. The highest BCUT2D eigenvalue weighted by atomic mass is 16.5. The number of nitrogens with zero attached hydrogens (tertiary/aromatic N) is 2. The molecule has 0 aromatic heterocycles. The number of fused-ring (bicyclic) bond motifs is 9. The summed E-state index contributed by atoms with van der Waals surface area (Å²) in [5.74, 6) is 1.58. The van der Waals surface area contributed by atoms with E-state index in [2.05, 4.69) is 15.5 Å². The van der Waals surface area contributed by atoms with Gasteiger partial charge in [0, 0.05) is 57.2 Å². The third kappa shape index (κ3) is 7.80. The molecule has 2 fully saturated rings. The molecular formula is C33H44N4O8. The van der Waals surface area contributed by atoms with Crippen molar-refractivity contribution < 1.29 is 38.1 Å². The van der Waals surface area contributed by atoms with Crippen molar-refractivity contribution >= 4 is 17.7 Å². The van der Waals surface area contributed by atoms with Gasteiger partial charge < -0.3 is 39.2 Å². The summed E-state index contributed by atoms with van der Waals surface area (Å²) in [4.78, 5) is 43.8. The SMILES string of the molecule is COc1cc2ccc1CNC(=O)CCc1ccc(OC)c(c1)OCC(=O)N[C@@H]1CN(C(=O)C(C)(C)N3CCOCC3)CC[C@@H]1O2. The summed E-state index contributed by atoms with van der Waals surface area (Å²) < 4.78 is 28.9. The smallest absolute Gasteiger partial charge is 0.258 e. The van der Waals surface area contributed by atoms with Crippen molar-refractivity contribution in [2.24, 2.45) is 0 Å². The predicted molar refractivity (Wildman–Crippen MR) is 166 cm³/mol. The Balaban J connectivity index is 1.40. The number of nitrogens with one attached hydrogen (secondary N) is 2. The third-order valence-corrected chi connectivity index (χ3v) is 8.76. The first kappa shape index (κ1) is 32.4. The molecule has 6 rings (SSSR count). The molecule has 4 aliphatic heterocycles. The fourth-order valence-corrected chi connectivity index (χ4v) is 6.08. The van der Waals surface area contributed by atoms with Gasteiger partial charge in [0.05, 0.1) is 39.0 Å². The van der Waals surface area contributed by atoms with Gasteiger partial charge in [-0.15, -0.1) is 0 Å². The molecule has 3 amide bonds. The summed E-state index contributed by atoms with van der Waals surface area (Å²) in [5, 5.41) is 6.04. The molecule has 0 unspecified atom stereocenters. The average molecular weight is 625 g/mol. The van der Waals surface area contributed by atoms with E-state index >= 15 is 0 Å². The topological polar surface area (TPSA) is 128 Å². The zero-order valence-corrected chi connectivity index (χ0v) is 26.6. The zero-order valence-electron chi connectivity index (χ0n) is 26.6. The van der Waals surface area contributed by atoms with Gasteiger partial charge in [0.25, 0.3) is 5.91 Å². The van der Waals surface area contributed by atoms with Crippen LogP contribution in [0.3, 0.4) is 0 Å². The number of rotatable bonds is 4. The quantitative estimate of drug-likeness (QED) is 0.525. The van der Waals surface area contributed by atoms with Crippen LogP contribution in [0.25, 0.3) is 0 Å². The zero-order chi connectivity index (χ0) is 32.0. The Labute approximate surface area is 264 Å². The highest BCUT2D eigenvalue weighted by molar-refractivity contribution is 5.86. The second kappa shape index (κ2) is 14.4. The number of piperidine rings is 1. The normalized spacial score (nSPS) is 21.9. The number of ether oxygens (including phenoxy) is 5. The van der Waals surface area contributed by atoms with Gasteiger partial charge in [-0.3, -0.25) is 19.3 Å². The van der Waals surface area contributed by atoms with E-state index in [9.17, 15) is 14.4 Å². The van der Waals surface area contributed by atoms with Gasteiger partial charge in [0.2, 0.25) is 11.8 Å². The van der Waals surface area contributed by atoms with Gasteiger partial charge >= 0.3 is 0 Å². The minimum absolute atomic E-state index is 0.00140. The highest BCUT2D eigenvalue weighted by Crippen LogP contribution is 2.30. The van der Waals surface area contributed by atoms with Gasteiger partial charge in [-0.05, 0) is 50.1 Å². The van der Waals surface area contributed by atoms with E-state index in [0.717, 1.165) is 11.1 Å². The maximum atomic E-state index is 13.9. The second-order valence-electron chi connectivity index (χ2n) is 12.1. The van der Waals surface area contributed by atoms with E-state index < -0.39 is 17.7 Å². The van der Waals surface area contributed by atoms with Crippen molar-refractivity contribution in [3.05, 3.63) is 47.5 Å². The van der Waals surface area contributed by atoms with Crippen LogP contribution in [0, 0.1) is 0 Å². The molecule has 2 atom stereocenters. The van der Waals surface area contributed by atoms with Crippen LogP contribution in [-0.2, 0) is 32.1 Å². The lowest BCUT2D eigenvalue weighted by molar-refractivity contribution is -0.148. The minimum Gasteiger partial charge on any atom is -0.496 e. The van der Waals surface area contributed by atoms with Crippen molar-refractivity contribution in [3.8, 4) is 23.0 Å². The summed E-state index contributed by atoms with van der Waals surface area (Å²) in [6, 6.07) is 10.4. The Hall–Kier alpha value is -4.03. The Morgan fingerprint density at radius 1 is 0.956 bits per heavy atom. The van der Waals surface area contributed by atoms with Gasteiger partial charge in [-0.2, -0.15) is 0 Å². The molecule has 45 heavy (non-hydrogen) atoms. The fourth-order valence-electron chi connectivity index (χ4n) is 6.08. The number of methoxy groups -OCH3 is 2. The van der Waals surface area contributed by atoms with Crippen LogP contribution in [0.15, 0.2) is 36.4 Å². The predicted octanol–water partition coefficient (Wildman–Crippen LogP) is 1.92. The number of morpholine rings is 1. The van der Waals surface area contributed by atoms with Crippen LogP contribution in [0.5, 0.6) is 23.0 Å². The molecule has 2 aromatic carbocycles. The third-order valence-electron chi connectivity index (χ3n) is 8.76. The molecule has 2 saturated heterocycles. The number of amides is 3. The minimum atomic E-state index is -0.723. The molecule has 244 valence electrons. The average Bonchev–Trinajstić information content (AvgIpc) is 3.06. The fraction of sp³-hybridized carbons (Fsp3) is 0.545. The maximum Gasteiger partial charge on any atom is 0.258 e. The second-order valence-corrected chi connectivity index (χ2v) is 12.1. The molecule has 2 N–H and O–H groups in total. The summed E-state index contributed by atoms with van der Waals surface area (Å²) >= 11 is 0. The number of likely N-dealkylation sites (tertiary alicyclic amines) is 1. The molecule has 4 aliphatic rings. The monoisotopic (exact) mass is 624 g/mol. The van der Waals surface area contributed by atoms with E-state index in [1.165, 1.54) is 7.11 Å². The van der Waals surface area contributed by atoms with Gasteiger partial charge in [-0.1, -0.05) is 6.07 Å². The lowest BCUT2D eigenvalue weighted by atomic mass is 9.95. The summed E-state index contributed by atoms with van der Waals surface area (Å²) in [5.41, 5.74) is 0.963. The van der Waals surface area contributed by atoms with E-state index in [0.29, 0.717) is 75.2 Å². The van der Waals surface area contributed by atoms with Crippen molar-refractivity contribution in [1.29, 1.82) is 0 Å². The Morgan fingerprint density at radius 3 is 2.49 bits per heavy atom. The van der Waals surface area contributed by atoms with Crippen LogP contribution in [0.4, 0.5) is 0 Å². The highest BCUT2D eigenvalue weighted by Gasteiger charge is 2.42. The van der Waals surface area contributed by atoms with Crippen LogP contribution in [0.1, 0.15) is 37.8 Å². The van der Waals surface area contributed by atoms with E-state index in [1.807, 2.05) is 36.9 Å². The first-order valence-corrected chi connectivity index (χ1v) is 15.5. The van der Waals surface area contributed by atoms with Gasteiger partial charge in [0.1, 0.15) is 17.6 Å². The van der Waals surface area contributed by atoms with Crippen molar-refractivity contribution in [2.75, 3.05) is 60.2 Å². The molecular weight excluding hydrogens is 580 g/mol. The molecule has 0 radical (unpaired) electrons. The Morgan fingerprint density at radius 2 is 1.73 bits per heavy atom. The molecule has 12 heteroatoms. The molecule has 4 heterocycles. The standard InChI is InChI=1S/C33H44N4O8/c1-33(2,37-13-15-43-16-14-37)32(40)36-12-11-26-25(20-36)35-31(39)21-44-29-17-22(5-9-27(29)41-3)6-10-30(38)34-19-23-7-8-24(45-26)18-28(23)42-4/h5,7-9,17-18,25-26H,6,10-16,19-21H2,1-4H3,(H,34,38)(H,35,39)/t25-,26+/m1/s1. The molecule has 4 bridgehead atoms. The molecule has 0 aliphatic carbocycles. The van der Waals surface area contributed by atoms with Crippen LogP contribution >= 0.6 is 0 Å². The first-order valence-electron chi connectivity index (χ1n) is 15.5. The molecule has 0 spiro atoms. The summed E-state index contributed by atoms with van der Waals surface area (Å²) in [7, 11) is 3.11. The number of aryl methyl sites for hydroxylation is 1. The summed E-state index contributed by atoms with van der Waals surface area (Å²) in [6.07, 6.45) is 0.847. The van der Waals surface area contributed by atoms with E-state index in [1.54, 1.807) is 25.3 Å². The van der Waals surface area contributed by atoms with Crippen LogP contribution in [-0.4, -0.2) is 105 Å². The number of benzene rings is 2. The van der Waals surface area contributed by atoms with Crippen molar-refractivity contribution in [1.82, 2.24) is 20.4 Å². The first-order chi connectivity index (χ1) is 21.7. The number of carbonyl (C=O) groups excluding carboxylic acids is 3. The van der Waals surface area contributed by atoms with E-state index in [4.69, 9.17) is 23.7 Å². The van der Waals surface area contributed by atoms with Crippen molar-refractivity contribution in [3.63, 3.8) is 0 Å². The van der Waals surface area contributed by atoms with Crippen LogP contribution in [0.2, 0.25) is 0 Å². The number of hydrogen-bond acceptors (Lipinski definition) is 9. The van der Waals surface area contributed by atoms with Crippen LogP contribution < -0.4 is 29.6 Å². The molecule has 2 aromatic rings. The lowest BCUT2D eigenvalue weighted by Gasteiger charge is -2.45. The molecule has 12 nitrogen and oxygen atoms in total. The molecule has 0 saturated carbocycles. The number of carbonyl (C=O) groups is 3. The number of hydrogen-bond donors (Lipinski definition) is 2. The Bertz CT molecular complexity index is 1380. The van der Waals surface area contributed by atoms with Gasteiger partial charge in [-0.25, -0.2) is 0 Å². The van der Waals surface area contributed by atoms with E-state index in [-0.39, 0.29) is 37.3 Å². The van der Waals surface area contributed by atoms with Crippen molar-refractivity contribution in [2.45, 2.75) is 57.3 Å². The maximum absolute atomic E-state index is 13.9. The van der Waals surface area contributed by atoms with Gasteiger partial charge in [0.15, 0.2) is 18.1 Å². The lowest BCUT2D eigenvalue weighted by Crippen LogP contribution is -2.64. The Kier molecular flexibility index (Phi) is 10.3.